The molecule has 2 aromatic carbocycles. The average Bonchev–Trinajstić information content (AvgIpc) is 2.87. The number of benzene rings is 2. The predicted octanol–water partition coefficient (Wildman–Crippen LogP) is 3.64. The quantitative estimate of drug-likeness (QED) is 0.767. The Bertz CT molecular complexity index is 962. The highest BCUT2D eigenvalue weighted by molar-refractivity contribution is 6.02. The maximum atomic E-state index is 5.43. The summed E-state index contributed by atoms with van der Waals surface area (Å²) < 4.78 is 16.2. The summed E-state index contributed by atoms with van der Waals surface area (Å²) in [4.78, 5) is 9.18. The van der Waals surface area contributed by atoms with Gasteiger partial charge in [-0.05, 0) is 42.3 Å². The van der Waals surface area contributed by atoms with Crippen LogP contribution in [0.1, 0.15) is 18.1 Å². The van der Waals surface area contributed by atoms with Crippen molar-refractivity contribution in [1.29, 1.82) is 0 Å². The fourth-order valence-corrected chi connectivity index (χ4v) is 3.18. The first-order chi connectivity index (χ1) is 15.0. The summed E-state index contributed by atoms with van der Waals surface area (Å²) in [5.41, 5.74) is 3.11. The van der Waals surface area contributed by atoms with Gasteiger partial charge < -0.3 is 19.5 Å². The second kappa shape index (κ2) is 10.5. The maximum absolute atomic E-state index is 5.43. The molecular formula is C23H29N5O3. The number of methoxy groups -OCH3 is 3. The van der Waals surface area contributed by atoms with Gasteiger partial charge in [-0.25, -0.2) is 5.01 Å². The average molecular weight is 424 g/mol. The number of anilines is 1. The molecule has 164 valence electrons. The normalized spacial score (nSPS) is 19.6. The lowest BCUT2D eigenvalue weighted by molar-refractivity contribution is 0.324. The second-order valence-corrected chi connectivity index (χ2v) is 7.12. The maximum Gasteiger partial charge on any atom is 0.203 e. The third-order valence-corrected chi connectivity index (χ3v) is 4.84. The number of nitrogens with zero attached hydrogens (tertiary/aromatic N) is 4. The molecule has 0 aromatic heterocycles. The lowest BCUT2D eigenvalue weighted by Crippen LogP contribution is -2.29. The van der Waals surface area contributed by atoms with Crippen molar-refractivity contribution < 1.29 is 14.2 Å². The molecule has 1 aliphatic heterocycles. The van der Waals surface area contributed by atoms with Crippen LogP contribution >= 0.6 is 0 Å². The largest absolute Gasteiger partial charge is 0.493 e. The summed E-state index contributed by atoms with van der Waals surface area (Å²) in [6, 6.07) is 12.0. The Balaban J connectivity index is 1.81. The molecule has 0 fully saturated rings. The molecule has 0 saturated carbocycles. The third kappa shape index (κ3) is 5.53. The minimum Gasteiger partial charge on any atom is -0.493 e. The van der Waals surface area contributed by atoms with Crippen LogP contribution in [0.2, 0.25) is 0 Å². The molecular weight excluding hydrogens is 394 g/mol. The van der Waals surface area contributed by atoms with Crippen LogP contribution in [0.4, 0.5) is 5.69 Å². The van der Waals surface area contributed by atoms with Crippen LogP contribution in [0.3, 0.4) is 0 Å². The zero-order valence-corrected chi connectivity index (χ0v) is 18.6. The lowest BCUT2D eigenvalue weighted by Gasteiger charge is -2.17. The van der Waals surface area contributed by atoms with Gasteiger partial charge in [-0.2, -0.15) is 5.10 Å². The lowest BCUT2D eigenvalue weighted by atomic mass is 10.1. The first-order valence-electron chi connectivity index (χ1n) is 10.0. The summed E-state index contributed by atoms with van der Waals surface area (Å²) in [6.45, 7) is 4.95. The second-order valence-electron chi connectivity index (χ2n) is 7.12. The molecule has 3 rings (SSSR count). The molecule has 31 heavy (non-hydrogen) atoms. The van der Waals surface area contributed by atoms with Crippen molar-refractivity contribution >= 4 is 24.1 Å². The van der Waals surface area contributed by atoms with Crippen molar-refractivity contribution in [2.45, 2.75) is 20.4 Å². The van der Waals surface area contributed by atoms with E-state index in [-0.39, 0.29) is 5.92 Å². The molecule has 0 radical (unpaired) electrons. The smallest absolute Gasteiger partial charge is 0.203 e. The molecule has 1 heterocycles. The van der Waals surface area contributed by atoms with Crippen LogP contribution < -0.4 is 24.5 Å². The van der Waals surface area contributed by atoms with Crippen LogP contribution in [-0.2, 0) is 6.54 Å². The van der Waals surface area contributed by atoms with Crippen molar-refractivity contribution in [3.05, 3.63) is 47.5 Å². The van der Waals surface area contributed by atoms with E-state index in [0.717, 1.165) is 17.1 Å². The van der Waals surface area contributed by atoms with Crippen molar-refractivity contribution in [2.24, 2.45) is 21.0 Å². The van der Waals surface area contributed by atoms with Crippen molar-refractivity contribution in [3.8, 4) is 17.2 Å². The number of rotatable bonds is 6. The van der Waals surface area contributed by atoms with Gasteiger partial charge in [0.2, 0.25) is 5.75 Å². The van der Waals surface area contributed by atoms with Gasteiger partial charge in [-0.1, -0.05) is 19.1 Å². The number of ether oxygens (including phenoxy) is 3. The van der Waals surface area contributed by atoms with Crippen molar-refractivity contribution in [1.82, 2.24) is 5.32 Å². The first-order valence-corrected chi connectivity index (χ1v) is 10.0. The number of hydrogen-bond donors (Lipinski definition) is 1. The van der Waals surface area contributed by atoms with Gasteiger partial charge in [0, 0.05) is 6.21 Å². The molecule has 1 N–H and O–H groups in total. The fraction of sp³-hybridized carbons (Fsp3) is 0.348. The standard InChI is InChI=1S/C23H29N5O3/c1-16-7-6-8-19(9-16)28-15-24-14-26-23(17(2)12-27-28)25-13-18-10-20(29-3)22(31-5)21(11-18)30-4/h6-12,14,17H,13,15H2,1-5H3,(H,24,25,26)/b27-12-. The van der Waals surface area contributed by atoms with Gasteiger partial charge in [0.1, 0.15) is 12.5 Å². The summed E-state index contributed by atoms with van der Waals surface area (Å²) >= 11 is 0. The van der Waals surface area contributed by atoms with E-state index in [1.54, 1.807) is 27.7 Å². The highest BCUT2D eigenvalue weighted by atomic mass is 16.5. The van der Waals surface area contributed by atoms with Crippen LogP contribution in [0, 0.1) is 12.8 Å². The van der Waals surface area contributed by atoms with Crippen molar-refractivity contribution in [2.75, 3.05) is 33.0 Å². The first kappa shape index (κ1) is 22.1. The van der Waals surface area contributed by atoms with Gasteiger partial charge in [-0.15, -0.1) is 0 Å². The van der Waals surface area contributed by atoms with Crippen LogP contribution in [0.25, 0.3) is 0 Å². The molecule has 1 unspecified atom stereocenters. The molecule has 1 aliphatic rings. The SMILES string of the molecule is COc1cc(CN=C2N/C=N\CN(c3cccc(C)c3)/N=C\C2C)cc(OC)c1OC. The monoisotopic (exact) mass is 423 g/mol. The van der Waals surface area contributed by atoms with E-state index in [0.29, 0.717) is 30.5 Å². The molecule has 1 atom stereocenters. The van der Waals surface area contributed by atoms with Gasteiger partial charge in [0.15, 0.2) is 11.5 Å². The topological polar surface area (TPSA) is 80.0 Å². The number of nitrogens with one attached hydrogen (secondary N) is 1. The molecule has 8 heteroatoms. The Morgan fingerprint density at radius 2 is 1.84 bits per heavy atom. The molecule has 0 amide bonds. The van der Waals surface area contributed by atoms with Crippen LogP contribution in [-0.4, -0.2) is 46.4 Å². The van der Waals surface area contributed by atoms with E-state index in [1.165, 1.54) is 5.56 Å². The molecule has 0 aliphatic carbocycles. The molecule has 0 spiro atoms. The van der Waals surface area contributed by atoms with Crippen molar-refractivity contribution in [3.63, 3.8) is 0 Å². The summed E-state index contributed by atoms with van der Waals surface area (Å²) in [5.74, 6) is 2.51. The minimum absolute atomic E-state index is 0.0288. The third-order valence-electron chi connectivity index (χ3n) is 4.84. The number of hydrazone groups is 1. The molecule has 0 bridgehead atoms. The minimum atomic E-state index is -0.0288. The summed E-state index contributed by atoms with van der Waals surface area (Å²) in [6.07, 6.45) is 3.54. The fourth-order valence-electron chi connectivity index (χ4n) is 3.18. The zero-order chi connectivity index (χ0) is 22.2. The zero-order valence-electron chi connectivity index (χ0n) is 18.6. The number of amidine groups is 1. The molecule has 8 nitrogen and oxygen atoms in total. The van der Waals surface area contributed by atoms with E-state index < -0.39 is 0 Å². The van der Waals surface area contributed by atoms with Gasteiger partial charge >= 0.3 is 0 Å². The van der Waals surface area contributed by atoms with Gasteiger partial charge in [0.05, 0.1) is 45.8 Å². The molecule has 2 aromatic rings. The van der Waals surface area contributed by atoms with E-state index in [2.05, 4.69) is 34.5 Å². The number of hydrogen-bond acceptors (Lipinski definition) is 7. The van der Waals surface area contributed by atoms with E-state index >= 15 is 0 Å². The Kier molecular flexibility index (Phi) is 7.48. The Morgan fingerprint density at radius 1 is 1.10 bits per heavy atom. The number of aliphatic imine (C=N–C) groups is 2. The Labute approximate surface area is 183 Å². The summed E-state index contributed by atoms with van der Waals surface area (Å²) in [5, 5.41) is 9.70. The summed E-state index contributed by atoms with van der Waals surface area (Å²) in [7, 11) is 4.78. The van der Waals surface area contributed by atoms with Gasteiger partial charge in [-0.3, -0.25) is 9.98 Å². The highest BCUT2D eigenvalue weighted by Crippen LogP contribution is 2.38. The van der Waals surface area contributed by atoms with E-state index in [4.69, 9.17) is 19.2 Å². The van der Waals surface area contributed by atoms with Crippen LogP contribution in [0.5, 0.6) is 17.2 Å². The van der Waals surface area contributed by atoms with E-state index in [1.807, 2.05) is 42.4 Å². The Morgan fingerprint density at radius 3 is 2.48 bits per heavy atom. The number of aryl methyl sites for hydroxylation is 1. The van der Waals surface area contributed by atoms with Crippen LogP contribution in [0.15, 0.2) is 51.5 Å². The van der Waals surface area contributed by atoms with Gasteiger partial charge in [0.25, 0.3) is 0 Å². The predicted molar refractivity (Wildman–Crippen MR) is 125 cm³/mol. The van der Waals surface area contributed by atoms with E-state index in [9.17, 15) is 0 Å². The Hall–Kier alpha value is -3.55. The molecule has 0 saturated heterocycles. The highest BCUT2D eigenvalue weighted by Gasteiger charge is 2.15.